The first-order valence-corrected chi connectivity index (χ1v) is 6.10. The second-order valence-electron chi connectivity index (χ2n) is 4.30. The van der Waals surface area contributed by atoms with Crippen LogP contribution in [0.15, 0.2) is 18.2 Å². The molecule has 0 spiro atoms. The van der Waals surface area contributed by atoms with E-state index < -0.39 is 0 Å². The van der Waals surface area contributed by atoms with Gasteiger partial charge in [-0.15, -0.1) is 0 Å². The Labute approximate surface area is 103 Å². The van der Waals surface area contributed by atoms with Gasteiger partial charge in [-0.1, -0.05) is 37.9 Å². The summed E-state index contributed by atoms with van der Waals surface area (Å²) in [6.45, 7) is 6.94. The zero-order chi connectivity index (χ0) is 12.1. The molecule has 0 aliphatic heterocycles. The molecule has 2 nitrogen and oxygen atoms in total. The molecule has 0 amide bonds. The molecule has 3 heteroatoms. The molecule has 2 N–H and O–H groups in total. The highest BCUT2D eigenvalue weighted by atomic mass is 35.5. The van der Waals surface area contributed by atoms with Crippen LogP contribution in [0.1, 0.15) is 38.8 Å². The highest BCUT2D eigenvalue weighted by Gasteiger charge is 2.07. The normalized spacial score (nSPS) is 14.6. The van der Waals surface area contributed by atoms with E-state index >= 15 is 0 Å². The van der Waals surface area contributed by atoms with Crippen LogP contribution in [-0.4, -0.2) is 6.61 Å². The van der Waals surface area contributed by atoms with E-state index in [2.05, 4.69) is 13.8 Å². The number of benzene rings is 1. The van der Waals surface area contributed by atoms with Crippen molar-refractivity contribution in [1.29, 1.82) is 0 Å². The maximum absolute atomic E-state index is 6.12. The molecule has 0 saturated carbocycles. The maximum Gasteiger partial charge on any atom is 0.137 e. The average Bonchev–Trinajstić information content (AvgIpc) is 2.26. The summed E-state index contributed by atoms with van der Waals surface area (Å²) < 4.78 is 5.65. The highest BCUT2D eigenvalue weighted by molar-refractivity contribution is 6.32. The van der Waals surface area contributed by atoms with Crippen molar-refractivity contribution in [2.75, 3.05) is 6.61 Å². The summed E-state index contributed by atoms with van der Waals surface area (Å²) in [5.41, 5.74) is 6.81. The number of halogens is 1. The number of ether oxygens (including phenoxy) is 1. The van der Waals surface area contributed by atoms with E-state index in [1.807, 2.05) is 25.1 Å². The Bertz CT molecular complexity index is 339. The summed E-state index contributed by atoms with van der Waals surface area (Å²) in [6.07, 6.45) is 1.11. The zero-order valence-corrected chi connectivity index (χ0v) is 10.9. The molecule has 1 aromatic carbocycles. The van der Waals surface area contributed by atoms with Gasteiger partial charge in [0.1, 0.15) is 5.75 Å². The van der Waals surface area contributed by atoms with Crippen LogP contribution in [0.25, 0.3) is 0 Å². The van der Waals surface area contributed by atoms with E-state index in [4.69, 9.17) is 22.1 Å². The van der Waals surface area contributed by atoms with Gasteiger partial charge in [0.15, 0.2) is 0 Å². The minimum absolute atomic E-state index is 0.00103. The van der Waals surface area contributed by atoms with Gasteiger partial charge >= 0.3 is 0 Å². The first-order chi connectivity index (χ1) is 7.54. The lowest BCUT2D eigenvalue weighted by molar-refractivity contribution is 0.256. The van der Waals surface area contributed by atoms with Gasteiger partial charge in [0, 0.05) is 6.04 Å². The summed E-state index contributed by atoms with van der Waals surface area (Å²) in [7, 11) is 0. The fourth-order valence-electron chi connectivity index (χ4n) is 1.27. The van der Waals surface area contributed by atoms with Gasteiger partial charge in [0.2, 0.25) is 0 Å². The van der Waals surface area contributed by atoms with Crippen LogP contribution in [0, 0.1) is 5.92 Å². The molecular formula is C13H20ClNO. The standard InChI is InChI=1S/C13H20ClNO/c1-4-9(2)8-16-13-6-5-11(10(3)15)7-12(13)14/h5-7,9-10H,4,8,15H2,1-3H3/t9?,10-/m1/s1. The Morgan fingerprint density at radius 2 is 2.06 bits per heavy atom. The second kappa shape index (κ2) is 6.12. The molecular weight excluding hydrogens is 222 g/mol. The molecule has 0 heterocycles. The minimum atomic E-state index is 0.00103. The van der Waals surface area contributed by atoms with E-state index in [9.17, 15) is 0 Å². The molecule has 0 aliphatic rings. The van der Waals surface area contributed by atoms with Gasteiger partial charge in [-0.2, -0.15) is 0 Å². The lowest BCUT2D eigenvalue weighted by Gasteiger charge is -2.13. The number of rotatable bonds is 5. The predicted octanol–water partition coefficient (Wildman–Crippen LogP) is 3.78. The number of nitrogens with two attached hydrogens (primary N) is 1. The fraction of sp³-hybridized carbons (Fsp3) is 0.538. The van der Waals surface area contributed by atoms with Gasteiger partial charge in [-0.3, -0.25) is 0 Å². The van der Waals surface area contributed by atoms with Crippen molar-refractivity contribution in [3.8, 4) is 5.75 Å². The third kappa shape index (κ3) is 3.69. The fourth-order valence-corrected chi connectivity index (χ4v) is 1.51. The molecule has 0 bridgehead atoms. The van der Waals surface area contributed by atoms with Crippen molar-refractivity contribution < 1.29 is 4.74 Å². The highest BCUT2D eigenvalue weighted by Crippen LogP contribution is 2.27. The van der Waals surface area contributed by atoms with E-state index in [0.717, 1.165) is 17.7 Å². The molecule has 0 radical (unpaired) electrons. The summed E-state index contributed by atoms with van der Waals surface area (Å²) in [6, 6.07) is 5.73. The largest absolute Gasteiger partial charge is 0.492 e. The van der Waals surface area contributed by atoms with Gasteiger partial charge in [-0.25, -0.2) is 0 Å². The van der Waals surface area contributed by atoms with Gasteiger partial charge in [-0.05, 0) is 30.5 Å². The summed E-state index contributed by atoms with van der Waals surface area (Å²) >= 11 is 6.12. The Balaban J connectivity index is 2.68. The molecule has 0 saturated heterocycles. The van der Waals surface area contributed by atoms with Crippen molar-refractivity contribution in [2.24, 2.45) is 11.7 Å². The van der Waals surface area contributed by atoms with Crippen molar-refractivity contribution in [3.05, 3.63) is 28.8 Å². The predicted molar refractivity (Wildman–Crippen MR) is 69.0 cm³/mol. The SMILES string of the molecule is CCC(C)COc1ccc([C@@H](C)N)cc1Cl. The Morgan fingerprint density at radius 1 is 1.38 bits per heavy atom. The summed E-state index contributed by atoms with van der Waals surface area (Å²) in [5.74, 6) is 1.29. The molecule has 0 aliphatic carbocycles. The third-order valence-corrected chi connectivity index (χ3v) is 3.00. The molecule has 2 atom stereocenters. The Hall–Kier alpha value is -0.730. The van der Waals surface area contributed by atoms with E-state index in [0.29, 0.717) is 17.5 Å². The van der Waals surface area contributed by atoms with Crippen LogP contribution in [0.2, 0.25) is 5.02 Å². The average molecular weight is 242 g/mol. The number of hydrogen-bond acceptors (Lipinski definition) is 2. The summed E-state index contributed by atoms with van der Waals surface area (Å²) in [5, 5.41) is 0.637. The van der Waals surface area contributed by atoms with Gasteiger partial charge in [0.05, 0.1) is 11.6 Å². The van der Waals surface area contributed by atoms with Crippen LogP contribution in [0.5, 0.6) is 5.75 Å². The monoisotopic (exact) mass is 241 g/mol. The van der Waals surface area contributed by atoms with Crippen LogP contribution in [0.3, 0.4) is 0 Å². The smallest absolute Gasteiger partial charge is 0.137 e. The first-order valence-electron chi connectivity index (χ1n) is 5.72. The Kier molecular flexibility index (Phi) is 5.10. The number of hydrogen-bond donors (Lipinski definition) is 1. The van der Waals surface area contributed by atoms with Gasteiger partial charge < -0.3 is 10.5 Å². The second-order valence-corrected chi connectivity index (χ2v) is 4.71. The van der Waals surface area contributed by atoms with Crippen LogP contribution < -0.4 is 10.5 Å². The molecule has 16 heavy (non-hydrogen) atoms. The molecule has 90 valence electrons. The molecule has 1 rings (SSSR count). The van der Waals surface area contributed by atoms with Crippen molar-refractivity contribution in [3.63, 3.8) is 0 Å². The summed E-state index contributed by atoms with van der Waals surface area (Å²) in [4.78, 5) is 0. The van der Waals surface area contributed by atoms with Crippen molar-refractivity contribution in [1.82, 2.24) is 0 Å². The third-order valence-electron chi connectivity index (χ3n) is 2.70. The first kappa shape index (κ1) is 13.3. The molecule has 0 fully saturated rings. The minimum Gasteiger partial charge on any atom is -0.492 e. The van der Waals surface area contributed by atoms with Crippen molar-refractivity contribution in [2.45, 2.75) is 33.2 Å². The molecule has 1 unspecified atom stereocenters. The van der Waals surface area contributed by atoms with Crippen LogP contribution >= 0.6 is 11.6 Å². The maximum atomic E-state index is 6.12. The molecule has 0 aromatic heterocycles. The molecule has 1 aromatic rings. The van der Waals surface area contributed by atoms with Gasteiger partial charge in [0.25, 0.3) is 0 Å². The topological polar surface area (TPSA) is 35.2 Å². The van der Waals surface area contributed by atoms with E-state index in [-0.39, 0.29) is 6.04 Å². The van der Waals surface area contributed by atoms with Crippen molar-refractivity contribution >= 4 is 11.6 Å². The van der Waals surface area contributed by atoms with Crippen LogP contribution in [0.4, 0.5) is 0 Å². The lowest BCUT2D eigenvalue weighted by atomic mass is 10.1. The quantitative estimate of drug-likeness (QED) is 0.852. The van der Waals surface area contributed by atoms with Crippen LogP contribution in [-0.2, 0) is 0 Å². The lowest BCUT2D eigenvalue weighted by Crippen LogP contribution is -2.08. The van der Waals surface area contributed by atoms with E-state index in [1.54, 1.807) is 0 Å². The zero-order valence-electron chi connectivity index (χ0n) is 10.2. The van der Waals surface area contributed by atoms with E-state index in [1.165, 1.54) is 0 Å². The Morgan fingerprint density at radius 3 is 2.56 bits per heavy atom.